The number of sulfonamides is 1. The first-order valence-corrected chi connectivity index (χ1v) is 16.8. The monoisotopic (exact) mass is 715 g/mol. The van der Waals surface area contributed by atoms with Gasteiger partial charge in [0.25, 0.3) is 10.0 Å². The normalized spacial score (nSPS) is 12.0. The first kappa shape index (κ1) is 33.5. The van der Waals surface area contributed by atoms with Gasteiger partial charge in [-0.15, -0.1) is 0 Å². The predicted octanol–water partition coefficient (Wildman–Crippen LogP) is 7.12. The Hall–Kier alpha value is -3.37. The predicted molar refractivity (Wildman–Crippen MR) is 179 cm³/mol. The zero-order valence-electron chi connectivity index (χ0n) is 24.2. The highest BCUT2D eigenvalue weighted by atomic mass is 79.9. The molecule has 0 saturated carbocycles. The second kappa shape index (κ2) is 15.1. The van der Waals surface area contributed by atoms with Gasteiger partial charge in [0.15, 0.2) is 0 Å². The standard InChI is InChI=1S/C33H32BrCl2N3O4S/c1-23(2)37-33(41)31(17-24-10-5-3-6-11-24)38(21-25-12-9-13-26(34)16-25)32(40)22-39(29-19-27(35)18-28(36)20-29)44(42,43)30-14-7-4-8-15-30/h3-16,18-20,23,31H,17,21-22H2,1-2H3,(H,37,41). The van der Waals surface area contributed by atoms with Gasteiger partial charge in [-0.25, -0.2) is 8.42 Å². The molecule has 0 aliphatic carbocycles. The molecule has 0 fully saturated rings. The van der Waals surface area contributed by atoms with Gasteiger partial charge in [-0.2, -0.15) is 0 Å². The molecule has 0 heterocycles. The largest absolute Gasteiger partial charge is 0.352 e. The molecule has 44 heavy (non-hydrogen) atoms. The van der Waals surface area contributed by atoms with E-state index in [1.807, 2.05) is 68.4 Å². The number of halogens is 3. The van der Waals surface area contributed by atoms with Crippen LogP contribution in [-0.4, -0.2) is 43.8 Å². The van der Waals surface area contributed by atoms with E-state index >= 15 is 0 Å². The Kier molecular flexibility index (Phi) is 11.5. The number of anilines is 1. The van der Waals surface area contributed by atoms with E-state index in [4.69, 9.17) is 23.2 Å². The van der Waals surface area contributed by atoms with Crippen molar-refractivity contribution in [2.24, 2.45) is 0 Å². The summed E-state index contributed by atoms with van der Waals surface area (Å²) >= 11 is 16.0. The van der Waals surface area contributed by atoms with Crippen molar-refractivity contribution in [3.05, 3.63) is 129 Å². The maximum absolute atomic E-state index is 14.4. The van der Waals surface area contributed by atoms with E-state index in [0.717, 1.165) is 19.9 Å². The number of benzene rings is 4. The lowest BCUT2D eigenvalue weighted by Crippen LogP contribution is -2.54. The molecule has 0 radical (unpaired) electrons. The number of rotatable bonds is 12. The maximum atomic E-state index is 14.4. The first-order chi connectivity index (χ1) is 20.9. The van der Waals surface area contributed by atoms with Crippen molar-refractivity contribution in [1.29, 1.82) is 0 Å². The molecule has 4 rings (SSSR count). The minimum Gasteiger partial charge on any atom is -0.352 e. The summed E-state index contributed by atoms with van der Waals surface area (Å²) in [6.07, 6.45) is 0.216. The van der Waals surface area contributed by atoms with Gasteiger partial charge in [0.05, 0.1) is 10.6 Å². The van der Waals surface area contributed by atoms with Crippen LogP contribution in [0.4, 0.5) is 5.69 Å². The van der Waals surface area contributed by atoms with Crippen molar-refractivity contribution in [3.63, 3.8) is 0 Å². The summed E-state index contributed by atoms with van der Waals surface area (Å²) < 4.78 is 29.9. The SMILES string of the molecule is CC(C)NC(=O)C(Cc1ccccc1)N(Cc1cccc(Br)c1)C(=O)CN(c1cc(Cl)cc(Cl)c1)S(=O)(=O)c1ccccc1. The zero-order chi connectivity index (χ0) is 31.9. The van der Waals surface area contributed by atoms with Gasteiger partial charge in [0.2, 0.25) is 11.8 Å². The number of nitrogens with one attached hydrogen (secondary N) is 1. The lowest BCUT2D eigenvalue weighted by atomic mass is 10.0. The molecule has 0 saturated heterocycles. The van der Waals surface area contributed by atoms with Gasteiger partial charge in [-0.05, 0) is 67.4 Å². The van der Waals surface area contributed by atoms with Crippen LogP contribution in [0.5, 0.6) is 0 Å². The Bertz CT molecular complexity index is 1690. The highest BCUT2D eigenvalue weighted by Crippen LogP contribution is 2.30. The maximum Gasteiger partial charge on any atom is 0.264 e. The van der Waals surface area contributed by atoms with Gasteiger partial charge >= 0.3 is 0 Å². The summed E-state index contributed by atoms with van der Waals surface area (Å²) in [6, 6.07) is 27.8. The van der Waals surface area contributed by atoms with Crippen LogP contribution in [0.1, 0.15) is 25.0 Å². The lowest BCUT2D eigenvalue weighted by Gasteiger charge is -2.34. The van der Waals surface area contributed by atoms with E-state index in [1.54, 1.807) is 18.2 Å². The molecule has 0 aromatic heterocycles. The van der Waals surface area contributed by atoms with Crippen molar-refractivity contribution >= 4 is 66.7 Å². The molecule has 1 N–H and O–H groups in total. The van der Waals surface area contributed by atoms with Crippen LogP contribution in [0.2, 0.25) is 10.0 Å². The van der Waals surface area contributed by atoms with Crippen LogP contribution < -0.4 is 9.62 Å². The first-order valence-electron chi connectivity index (χ1n) is 13.9. The second-order valence-corrected chi connectivity index (χ2v) is 14.1. The quantitative estimate of drug-likeness (QED) is 0.169. The van der Waals surface area contributed by atoms with E-state index in [9.17, 15) is 18.0 Å². The van der Waals surface area contributed by atoms with E-state index < -0.39 is 28.5 Å². The number of hydrogen-bond donors (Lipinski definition) is 1. The fourth-order valence-corrected chi connectivity index (χ4v) is 7.08. The number of hydrogen-bond acceptors (Lipinski definition) is 4. The van der Waals surface area contributed by atoms with Crippen LogP contribution in [0.25, 0.3) is 0 Å². The average Bonchev–Trinajstić information content (AvgIpc) is 2.97. The van der Waals surface area contributed by atoms with E-state index in [-0.39, 0.29) is 45.5 Å². The van der Waals surface area contributed by atoms with Gasteiger partial charge in [-0.3, -0.25) is 13.9 Å². The molecule has 4 aromatic carbocycles. The minimum absolute atomic E-state index is 0.0131. The summed E-state index contributed by atoms with van der Waals surface area (Å²) in [6.45, 7) is 3.13. The molecular weight excluding hydrogens is 685 g/mol. The Morgan fingerprint density at radius 1 is 0.818 bits per heavy atom. The fourth-order valence-electron chi connectivity index (χ4n) is 4.70. The molecule has 11 heteroatoms. The topological polar surface area (TPSA) is 86.8 Å². The van der Waals surface area contributed by atoms with Crippen LogP contribution >= 0.6 is 39.1 Å². The molecule has 7 nitrogen and oxygen atoms in total. The molecular formula is C33H32BrCl2N3O4S. The second-order valence-electron chi connectivity index (χ2n) is 10.5. The van der Waals surface area contributed by atoms with Gasteiger partial charge in [0.1, 0.15) is 12.6 Å². The summed E-state index contributed by atoms with van der Waals surface area (Å²) in [5.74, 6) is -0.934. The highest BCUT2D eigenvalue weighted by molar-refractivity contribution is 9.10. The molecule has 2 amide bonds. The Morgan fingerprint density at radius 2 is 1.41 bits per heavy atom. The van der Waals surface area contributed by atoms with E-state index in [1.165, 1.54) is 35.2 Å². The molecule has 0 bridgehead atoms. The van der Waals surface area contributed by atoms with Crippen LogP contribution in [-0.2, 0) is 32.6 Å². The van der Waals surface area contributed by atoms with Gasteiger partial charge in [-0.1, -0.05) is 99.8 Å². The summed E-state index contributed by atoms with van der Waals surface area (Å²) in [5, 5.41) is 3.35. The van der Waals surface area contributed by atoms with Crippen LogP contribution in [0.15, 0.2) is 112 Å². The summed E-state index contributed by atoms with van der Waals surface area (Å²) in [5.41, 5.74) is 1.72. The number of carbonyl (C=O) groups is 2. The molecule has 0 spiro atoms. The van der Waals surface area contributed by atoms with Gasteiger partial charge < -0.3 is 10.2 Å². The zero-order valence-corrected chi connectivity index (χ0v) is 28.1. The van der Waals surface area contributed by atoms with Crippen LogP contribution in [0, 0.1) is 0 Å². The summed E-state index contributed by atoms with van der Waals surface area (Å²) in [7, 11) is -4.26. The van der Waals surface area contributed by atoms with Crippen molar-refractivity contribution in [2.75, 3.05) is 10.8 Å². The van der Waals surface area contributed by atoms with Crippen molar-refractivity contribution < 1.29 is 18.0 Å². The third-order valence-electron chi connectivity index (χ3n) is 6.69. The fraction of sp³-hybridized carbons (Fsp3) is 0.212. The number of carbonyl (C=O) groups excluding carboxylic acids is 2. The summed E-state index contributed by atoms with van der Waals surface area (Å²) in [4.78, 5) is 29.6. The number of nitrogens with zero attached hydrogens (tertiary/aromatic N) is 2. The Morgan fingerprint density at radius 3 is 2.00 bits per heavy atom. The highest BCUT2D eigenvalue weighted by Gasteiger charge is 2.35. The minimum atomic E-state index is -4.26. The third kappa shape index (κ3) is 8.85. The Labute approximate surface area is 277 Å². The molecule has 230 valence electrons. The number of amides is 2. The average molecular weight is 718 g/mol. The smallest absolute Gasteiger partial charge is 0.264 e. The molecule has 0 aliphatic rings. The van der Waals surface area contributed by atoms with Crippen LogP contribution in [0.3, 0.4) is 0 Å². The van der Waals surface area contributed by atoms with Crippen molar-refractivity contribution in [1.82, 2.24) is 10.2 Å². The van der Waals surface area contributed by atoms with Gasteiger partial charge in [0, 0.05) is 33.5 Å². The third-order valence-corrected chi connectivity index (χ3v) is 9.41. The molecule has 1 atom stereocenters. The molecule has 0 aliphatic heterocycles. The van der Waals surface area contributed by atoms with E-state index in [0.29, 0.717) is 0 Å². The lowest BCUT2D eigenvalue weighted by molar-refractivity contribution is -0.140. The van der Waals surface area contributed by atoms with Crippen molar-refractivity contribution in [2.45, 2.75) is 43.8 Å². The van der Waals surface area contributed by atoms with E-state index in [2.05, 4.69) is 21.2 Å². The Balaban J connectivity index is 1.82. The van der Waals surface area contributed by atoms with Crippen molar-refractivity contribution in [3.8, 4) is 0 Å². The molecule has 1 unspecified atom stereocenters. The molecule has 4 aromatic rings.